The normalized spacial score (nSPS) is 14.9. The van der Waals surface area contributed by atoms with Crippen LogP contribution in [0.3, 0.4) is 0 Å². The molecule has 0 unspecified atom stereocenters. The smallest absolute Gasteiger partial charge is 0.370 e. The Kier molecular flexibility index (Phi) is 7.71. The predicted molar refractivity (Wildman–Crippen MR) is 103 cm³/mol. The predicted octanol–water partition coefficient (Wildman–Crippen LogP) is 4.33. The van der Waals surface area contributed by atoms with E-state index in [1.54, 1.807) is 0 Å². The molecule has 0 saturated carbocycles. The van der Waals surface area contributed by atoms with Crippen LogP contribution in [0.4, 0.5) is 24.5 Å². The lowest BCUT2D eigenvalue weighted by atomic mass is 10.1. The lowest BCUT2D eigenvalue weighted by Gasteiger charge is -2.31. The Labute approximate surface area is 163 Å². The van der Waals surface area contributed by atoms with Crippen LogP contribution >= 0.6 is 0 Å². The fraction of sp³-hybridized carbons (Fsp3) is 0.600. The average molecular weight is 399 g/mol. The van der Waals surface area contributed by atoms with E-state index in [4.69, 9.17) is 0 Å². The third-order valence-corrected chi connectivity index (χ3v) is 4.55. The highest BCUT2D eigenvalue weighted by molar-refractivity contribution is 5.94. The van der Waals surface area contributed by atoms with Crippen LogP contribution in [0.25, 0.3) is 0 Å². The number of rotatable bonds is 7. The van der Waals surface area contributed by atoms with E-state index < -0.39 is 17.6 Å². The fourth-order valence-corrected chi connectivity index (χ4v) is 3.24. The summed E-state index contributed by atoms with van der Waals surface area (Å²) in [7, 11) is 0. The van der Waals surface area contributed by atoms with E-state index in [0.717, 1.165) is 44.5 Å². The minimum absolute atomic E-state index is 0.0264. The molecule has 1 saturated heterocycles. The SMILES string of the molecule is CC(C)NC(=O)CCCC(=O)Nc1cc(C(F)(F)F)ccc1N1CCCCC1. The summed E-state index contributed by atoms with van der Waals surface area (Å²) in [6.07, 6.45) is -0.832. The van der Waals surface area contributed by atoms with Crippen LogP contribution in [0.1, 0.15) is 57.9 Å². The lowest BCUT2D eigenvalue weighted by molar-refractivity contribution is -0.137. The molecule has 0 bridgehead atoms. The van der Waals surface area contributed by atoms with Crippen molar-refractivity contribution in [2.45, 2.75) is 64.6 Å². The molecule has 156 valence electrons. The first-order valence-corrected chi connectivity index (χ1v) is 9.72. The zero-order chi connectivity index (χ0) is 20.7. The quantitative estimate of drug-likeness (QED) is 0.718. The van der Waals surface area contributed by atoms with Gasteiger partial charge in [-0.3, -0.25) is 9.59 Å². The molecule has 2 N–H and O–H groups in total. The first-order chi connectivity index (χ1) is 13.2. The number of hydrogen-bond acceptors (Lipinski definition) is 3. The Balaban J connectivity index is 2.06. The molecular formula is C20H28F3N3O2. The van der Waals surface area contributed by atoms with Crippen LogP contribution in [0, 0.1) is 0 Å². The molecule has 8 heteroatoms. The summed E-state index contributed by atoms with van der Waals surface area (Å²) in [5, 5.41) is 5.36. The maximum atomic E-state index is 13.1. The van der Waals surface area contributed by atoms with Crippen LogP contribution < -0.4 is 15.5 Å². The number of nitrogens with one attached hydrogen (secondary N) is 2. The number of benzene rings is 1. The van der Waals surface area contributed by atoms with E-state index in [-0.39, 0.29) is 30.5 Å². The van der Waals surface area contributed by atoms with E-state index in [0.29, 0.717) is 12.1 Å². The van der Waals surface area contributed by atoms with Crippen LogP contribution in [-0.2, 0) is 15.8 Å². The van der Waals surface area contributed by atoms with Gasteiger partial charge in [-0.15, -0.1) is 0 Å². The minimum Gasteiger partial charge on any atom is -0.370 e. The van der Waals surface area contributed by atoms with Crippen molar-refractivity contribution in [2.75, 3.05) is 23.3 Å². The van der Waals surface area contributed by atoms with Crippen LogP contribution in [0.15, 0.2) is 18.2 Å². The van der Waals surface area contributed by atoms with Gasteiger partial charge < -0.3 is 15.5 Å². The van der Waals surface area contributed by atoms with E-state index in [2.05, 4.69) is 10.6 Å². The Morgan fingerprint density at radius 2 is 1.71 bits per heavy atom. The van der Waals surface area contributed by atoms with Crippen LogP contribution in [0.5, 0.6) is 0 Å². The van der Waals surface area contributed by atoms with Crippen molar-refractivity contribution in [2.24, 2.45) is 0 Å². The van der Waals surface area contributed by atoms with Gasteiger partial charge in [-0.1, -0.05) is 0 Å². The largest absolute Gasteiger partial charge is 0.416 e. The Bertz CT molecular complexity index is 684. The Hall–Kier alpha value is -2.25. The summed E-state index contributed by atoms with van der Waals surface area (Å²) in [6, 6.07) is 3.50. The summed E-state index contributed by atoms with van der Waals surface area (Å²) in [5.74, 6) is -0.536. The summed E-state index contributed by atoms with van der Waals surface area (Å²) in [4.78, 5) is 25.9. The molecule has 1 heterocycles. The second-order valence-corrected chi connectivity index (χ2v) is 7.40. The van der Waals surface area contributed by atoms with Gasteiger partial charge in [0.1, 0.15) is 0 Å². The van der Waals surface area contributed by atoms with Gasteiger partial charge in [0, 0.05) is 32.0 Å². The van der Waals surface area contributed by atoms with Gasteiger partial charge in [0.15, 0.2) is 0 Å². The maximum Gasteiger partial charge on any atom is 0.416 e. The van der Waals surface area contributed by atoms with Gasteiger partial charge in [0.05, 0.1) is 16.9 Å². The topological polar surface area (TPSA) is 61.4 Å². The summed E-state index contributed by atoms with van der Waals surface area (Å²) < 4.78 is 39.3. The first kappa shape index (κ1) is 22.0. The van der Waals surface area contributed by atoms with E-state index in [9.17, 15) is 22.8 Å². The van der Waals surface area contributed by atoms with Crippen molar-refractivity contribution < 1.29 is 22.8 Å². The van der Waals surface area contributed by atoms with Crippen molar-refractivity contribution in [1.82, 2.24) is 5.32 Å². The standard InChI is InChI=1S/C20H28F3N3O2/c1-14(2)24-18(27)7-6-8-19(28)25-16-13-15(20(21,22)23)9-10-17(16)26-11-4-3-5-12-26/h9-10,13-14H,3-8,11-12H2,1-2H3,(H,24,27)(H,25,28). The van der Waals surface area contributed by atoms with Crippen molar-refractivity contribution in [3.63, 3.8) is 0 Å². The highest BCUT2D eigenvalue weighted by Crippen LogP contribution is 2.36. The summed E-state index contributed by atoms with van der Waals surface area (Å²) in [6.45, 7) is 5.20. The molecule has 2 rings (SSSR count). The average Bonchev–Trinajstić information content (AvgIpc) is 2.61. The number of anilines is 2. The van der Waals surface area contributed by atoms with Crippen LogP contribution in [0.2, 0.25) is 0 Å². The molecule has 2 amide bonds. The third-order valence-electron chi connectivity index (χ3n) is 4.55. The number of hydrogen-bond donors (Lipinski definition) is 2. The second-order valence-electron chi connectivity index (χ2n) is 7.40. The molecule has 5 nitrogen and oxygen atoms in total. The number of nitrogens with zero attached hydrogens (tertiary/aromatic N) is 1. The molecule has 0 atom stereocenters. The molecular weight excluding hydrogens is 371 g/mol. The number of carbonyl (C=O) groups excluding carboxylic acids is 2. The number of alkyl halides is 3. The Morgan fingerprint density at radius 3 is 2.32 bits per heavy atom. The molecule has 1 fully saturated rings. The zero-order valence-electron chi connectivity index (χ0n) is 16.4. The number of carbonyl (C=O) groups is 2. The van der Waals surface area contributed by atoms with E-state index >= 15 is 0 Å². The molecule has 0 aromatic heterocycles. The molecule has 1 aromatic rings. The summed E-state index contributed by atoms with van der Waals surface area (Å²) in [5.41, 5.74) is -0.00757. The van der Waals surface area contributed by atoms with Crippen molar-refractivity contribution in [3.05, 3.63) is 23.8 Å². The lowest BCUT2D eigenvalue weighted by Crippen LogP contribution is -2.31. The molecule has 28 heavy (non-hydrogen) atoms. The Morgan fingerprint density at radius 1 is 1.07 bits per heavy atom. The minimum atomic E-state index is -4.48. The second kappa shape index (κ2) is 9.80. The first-order valence-electron chi connectivity index (χ1n) is 9.72. The molecule has 1 aliphatic heterocycles. The highest BCUT2D eigenvalue weighted by atomic mass is 19.4. The molecule has 0 spiro atoms. The zero-order valence-corrected chi connectivity index (χ0v) is 16.4. The molecule has 0 aliphatic carbocycles. The van der Waals surface area contributed by atoms with Gasteiger partial charge in [-0.05, 0) is 57.7 Å². The van der Waals surface area contributed by atoms with E-state index in [1.165, 1.54) is 6.07 Å². The highest BCUT2D eigenvalue weighted by Gasteiger charge is 2.31. The monoisotopic (exact) mass is 399 g/mol. The maximum absolute atomic E-state index is 13.1. The number of piperidine rings is 1. The van der Waals surface area contributed by atoms with Crippen LogP contribution in [-0.4, -0.2) is 30.9 Å². The van der Waals surface area contributed by atoms with E-state index in [1.807, 2.05) is 18.7 Å². The molecule has 1 aliphatic rings. The van der Waals surface area contributed by atoms with Crippen molar-refractivity contribution in [3.8, 4) is 0 Å². The van der Waals surface area contributed by atoms with Gasteiger partial charge in [-0.25, -0.2) is 0 Å². The van der Waals surface area contributed by atoms with Gasteiger partial charge >= 0.3 is 6.18 Å². The third kappa shape index (κ3) is 6.73. The molecule has 0 radical (unpaired) electrons. The van der Waals surface area contributed by atoms with Gasteiger partial charge in [0.25, 0.3) is 0 Å². The number of halogens is 3. The fourth-order valence-electron chi connectivity index (χ4n) is 3.24. The van der Waals surface area contributed by atoms with Crippen molar-refractivity contribution >= 4 is 23.2 Å². The summed E-state index contributed by atoms with van der Waals surface area (Å²) >= 11 is 0. The van der Waals surface area contributed by atoms with Gasteiger partial charge in [0.2, 0.25) is 11.8 Å². The molecule has 1 aromatic carbocycles. The van der Waals surface area contributed by atoms with Gasteiger partial charge in [-0.2, -0.15) is 13.2 Å². The van der Waals surface area contributed by atoms with Crippen molar-refractivity contribution in [1.29, 1.82) is 0 Å². The number of amides is 2.